The van der Waals surface area contributed by atoms with Crippen molar-refractivity contribution in [2.75, 3.05) is 0 Å². The minimum absolute atomic E-state index is 0.180. The van der Waals surface area contributed by atoms with E-state index in [0.717, 1.165) is 16.8 Å². The van der Waals surface area contributed by atoms with Crippen molar-refractivity contribution < 1.29 is 23.6 Å². The largest absolute Gasteiger partial charge is 0.452 e. The number of non-ortho nitro benzene ring substituents is 1. The molecule has 11 heteroatoms. The number of carbonyl (C=O) groups excluding carboxylic acids is 1. The number of ether oxygens (including phenoxy) is 2. The molecule has 0 spiro atoms. The van der Waals surface area contributed by atoms with Crippen LogP contribution >= 0.6 is 0 Å². The van der Waals surface area contributed by atoms with E-state index in [1.165, 1.54) is 23.0 Å². The SMILES string of the molecule is CC(C)(C)OC(=O)n1cc(-c2cc(Oc3ccc([N+](=O)[O-])cc3F)c3ccnn3c2)cn1. The van der Waals surface area contributed by atoms with Gasteiger partial charge in [-0.05, 0) is 39.0 Å². The zero-order chi connectivity index (χ0) is 23.0. The molecule has 0 unspecified atom stereocenters. The van der Waals surface area contributed by atoms with E-state index in [4.69, 9.17) is 9.47 Å². The summed E-state index contributed by atoms with van der Waals surface area (Å²) < 4.78 is 28.0. The lowest BCUT2D eigenvalue weighted by Gasteiger charge is -2.18. The maximum atomic E-state index is 14.4. The second-order valence-electron chi connectivity index (χ2n) is 7.88. The Bertz CT molecular complexity index is 1340. The van der Waals surface area contributed by atoms with Gasteiger partial charge in [0.2, 0.25) is 0 Å². The van der Waals surface area contributed by atoms with Crippen molar-refractivity contribution in [3.8, 4) is 22.6 Å². The second kappa shape index (κ2) is 7.76. The van der Waals surface area contributed by atoms with Gasteiger partial charge in [-0.3, -0.25) is 10.1 Å². The molecule has 0 saturated heterocycles. The Balaban J connectivity index is 1.69. The summed E-state index contributed by atoms with van der Waals surface area (Å²) in [6.07, 6.45) is 5.58. The third-order valence-electron chi connectivity index (χ3n) is 4.31. The van der Waals surface area contributed by atoms with Gasteiger partial charge in [0, 0.05) is 29.6 Å². The van der Waals surface area contributed by atoms with Crippen LogP contribution in [0.4, 0.5) is 14.9 Å². The van der Waals surface area contributed by atoms with Gasteiger partial charge < -0.3 is 9.47 Å². The van der Waals surface area contributed by atoms with Crippen molar-refractivity contribution in [2.45, 2.75) is 26.4 Å². The Morgan fingerprint density at radius 2 is 1.88 bits per heavy atom. The molecule has 0 bridgehead atoms. The number of carbonyl (C=O) groups is 1. The van der Waals surface area contributed by atoms with Crippen LogP contribution in [0, 0.1) is 15.9 Å². The van der Waals surface area contributed by atoms with Crippen molar-refractivity contribution in [3.05, 3.63) is 71.1 Å². The van der Waals surface area contributed by atoms with Gasteiger partial charge in [0.25, 0.3) is 5.69 Å². The molecule has 0 amide bonds. The first kappa shape index (κ1) is 21.0. The van der Waals surface area contributed by atoms with E-state index in [9.17, 15) is 19.3 Å². The molecule has 0 atom stereocenters. The molecule has 0 radical (unpaired) electrons. The minimum atomic E-state index is -0.875. The Labute approximate surface area is 180 Å². The van der Waals surface area contributed by atoms with Gasteiger partial charge >= 0.3 is 6.09 Å². The molecule has 0 aliphatic heterocycles. The fourth-order valence-corrected chi connectivity index (χ4v) is 2.92. The average Bonchev–Trinajstić information content (AvgIpc) is 3.37. The van der Waals surface area contributed by atoms with Crippen molar-refractivity contribution in [3.63, 3.8) is 0 Å². The zero-order valence-electron chi connectivity index (χ0n) is 17.4. The lowest BCUT2D eigenvalue weighted by atomic mass is 10.1. The molecule has 3 heterocycles. The van der Waals surface area contributed by atoms with Gasteiger partial charge in [0.15, 0.2) is 17.3 Å². The summed E-state index contributed by atoms with van der Waals surface area (Å²) in [6.45, 7) is 5.26. The Kier molecular flexibility index (Phi) is 5.09. The number of hydrogen-bond donors (Lipinski definition) is 0. The second-order valence-corrected chi connectivity index (χ2v) is 7.88. The van der Waals surface area contributed by atoms with Crippen LogP contribution < -0.4 is 4.74 Å². The summed E-state index contributed by atoms with van der Waals surface area (Å²) in [5.41, 5.74) is 0.654. The van der Waals surface area contributed by atoms with E-state index >= 15 is 0 Å². The number of nitro groups is 1. The van der Waals surface area contributed by atoms with Gasteiger partial charge in [-0.1, -0.05) is 0 Å². The molecular formula is C21H18FN5O5. The monoisotopic (exact) mass is 439 g/mol. The first-order chi connectivity index (χ1) is 15.1. The van der Waals surface area contributed by atoms with Crippen molar-refractivity contribution in [1.82, 2.24) is 19.4 Å². The smallest absolute Gasteiger partial charge is 0.435 e. The summed E-state index contributed by atoms with van der Waals surface area (Å²) in [7, 11) is 0. The van der Waals surface area contributed by atoms with Gasteiger partial charge in [-0.2, -0.15) is 14.9 Å². The first-order valence-electron chi connectivity index (χ1n) is 9.48. The standard InChI is InChI=1S/C21H18FN5O5/c1-21(2,3)32-20(28)26-12-14(10-24-26)13-8-19(17-6-7-23-25(17)11-13)31-18-5-4-15(27(29)30)9-16(18)22/h4-12H,1-3H3. The molecule has 0 aliphatic carbocycles. The van der Waals surface area contributed by atoms with E-state index in [1.54, 1.807) is 45.3 Å². The predicted molar refractivity (Wildman–Crippen MR) is 111 cm³/mol. The molecule has 4 aromatic rings. The molecule has 1 aromatic carbocycles. The number of rotatable bonds is 4. The molecule has 32 heavy (non-hydrogen) atoms. The van der Waals surface area contributed by atoms with Crippen LogP contribution in [0.5, 0.6) is 11.5 Å². The number of nitro benzene ring substituents is 1. The van der Waals surface area contributed by atoms with Crippen LogP contribution in [0.15, 0.2) is 55.1 Å². The summed E-state index contributed by atoms with van der Waals surface area (Å²) in [5, 5.41) is 19.1. The van der Waals surface area contributed by atoms with Gasteiger partial charge in [0.05, 0.1) is 23.4 Å². The highest BCUT2D eigenvalue weighted by Crippen LogP contribution is 2.33. The highest BCUT2D eigenvalue weighted by Gasteiger charge is 2.20. The Hall–Kier alpha value is -4.28. The fourth-order valence-electron chi connectivity index (χ4n) is 2.92. The number of hydrogen-bond acceptors (Lipinski definition) is 7. The summed E-state index contributed by atoms with van der Waals surface area (Å²) in [5.74, 6) is -0.793. The summed E-state index contributed by atoms with van der Waals surface area (Å²) in [6, 6.07) is 6.44. The first-order valence-corrected chi connectivity index (χ1v) is 9.48. The number of halogens is 1. The highest BCUT2D eigenvalue weighted by molar-refractivity contribution is 5.74. The minimum Gasteiger partial charge on any atom is -0.452 e. The maximum Gasteiger partial charge on any atom is 0.435 e. The van der Waals surface area contributed by atoms with E-state index in [-0.39, 0.29) is 17.2 Å². The number of benzene rings is 1. The molecular weight excluding hydrogens is 421 g/mol. The van der Waals surface area contributed by atoms with Crippen LogP contribution in [0.25, 0.3) is 16.6 Å². The van der Waals surface area contributed by atoms with Crippen molar-refractivity contribution in [2.24, 2.45) is 0 Å². The number of nitrogens with zero attached hydrogens (tertiary/aromatic N) is 5. The molecule has 10 nitrogen and oxygen atoms in total. The lowest BCUT2D eigenvalue weighted by Crippen LogP contribution is -2.27. The molecule has 0 fully saturated rings. The van der Waals surface area contributed by atoms with Crippen LogP contribution in [-0.4, -0.2) is 36.0 Å². The van der Waals surface area contributed by atoms with Gasteiger partial charge in [0.1, 0.15) is 11.1 Å². The van der Waals surface area contributed by atoms with Gasteiger partial charge in [-0.25, -0.2) is 13.7 Å². The average molecular weight is 439 g/mol. The van der Waals surface area contributed by atoms with Crippen LogP contribution in [0.3, 0.4) is 0 Å². The van der Waals surface area contributed by atoms with Crippen LogP contribution in [0.1, 0.15) is 20.8 Å². The molecule has 0 saturated carbocycles. The Morgan fingerprint density at radius 3 is 2.56 bits per heavy atom. The molecule has 0 aliphatic rings. The number of pyridine rings is 1. The topological polar surface area (TPSA) is 114 Å². The number of aromatic nitrogens is 4. The lowest BCUT2D eigenvalue weighted by molar-refractivity contribution is -0.385. The van der Waals surface area contributed by atoms with E-state index < -0.39 is 22.4 Å². The maximum absolute atomic E-state index is 14.4. The van der Waals surface area contributed by atoms with Crippen molar-refractivity contribution in [1.29, 1.82) is 0 Å². The fraction of sp³-hybridized carbons (Fsp3) is 0.190. The normalized spacial score (nSPS) is 11.5. The molecule has 3 aromatic heterocycles. The molecule has 164 valence electrons. The Morgan fingerprint density at radius 1 is 1.09 bits per heavy atom. The third-order valence-corrected chi connectivity index (χ3v) is 4.31. The molecule has 4 rings (SSSR count). The summed E-state index contributed by atoms with van der Waals surface area (Å²) in [4.78, 5) is 22.4. The summed E-state index contributed by atoms with van der Waals surface area (Å²) >= 11 is 0. The van der Waals surface area contributed by atoms with Crippen molar-refractivity contribution >= 4 is 17.3 Å². The highest BCUT2D eigenvalue weighted by atomic mass is 19.1. The third kappa shape index (κ3) is 4.26. The van der Waals surface area contributed by atoms with Crippen LogP contribution in [0.2, 0.25) is 0 Å². The number of fused-ring (bicyclic) bond motifs is 1. The van der Waals surface area contributed by atoms with E-state index in [0.29, 0.717) is 16.6 Å². The van der Waals surface area contributed by atoms with Gasteiger partial charge in [-0.15, -0.1) is 0 Å². The zero-order valence-corrected chi connectivity index (χ0v) is 17.4. The van der Waals surface area contributed by atoms with E-state index in [2.05, 4.69) is 10.2 Å². The molecule has 0 N–H and O–H groups in total. The van der Waals surface area contributed by atoms with E-state index in [1.807, 2.05) is 0 Å². The quantitative estimate of drug-likeness (QED) is 0.331. The predicted octanol–water partition coefficient (Wildman–Crippen LogP) is 4.82. The van der Waals surface area contributed by atoms with Crippen LogP contribution in [-0.2, 0) is 4.74 Å².